The van der Waals surface area contributed by atoms with Crippen molar-refractivity contribution in [3.8, 4) is 11.5 Å². The van der Waals surface area contributed by atoms with E-state index in [9.17, 15) is 8.78 Å². The van der Waals surface area contributed by atoms with Gasteiger partial charge in [-0.3, -0.25) is 4.90 Å². The van der Waals surface area contributed by atoms with Crippen molar-refractivity contribution in [3.63, 3.8) is 0 Å². The molecule has 1 aliphatic heterocycles. The fourth-order valence-corrected chi connectivity index (χ4v) is 2.24. The normalized spacial score (nSPS) is 20.2. The molecule has 2 aromatic rings. The molecule has 0 bridgehead atoms. The van der Waals surface area contributed by atoms with Crippen LogP contribution < -0.4 is 5.32 Å². The van der Waals surface area contributed by atoms with Crippen LogP contribution in [0.4, 0.5) is 8.78 Å². The van der Waals surface area contributed by atoms with Crippen LogP contribution in [-0.4, -0.2) is 41.7 Å². The average molecular weight is 280 g/mol. The lowest BCUT2D eigenvalue weighted by atomic mass is 10.2. The highest BCUT2D eigenvalue weighted by Gasteiger charge is 2.26. The molecule has 0 aliphatic carbocycles. The Balaban J connectivity index is 1.89. The molecule has 5 nitrogen and oxygen atoms in total. The second kappa shape index (κ2) is 5.26. The van der Waals surface area contributed by atoms with E-state index in [4.69, 9.17) is 4.52 Å². The van der Waals surface area contributed by atoms with Gasteiger partial charge in [0.1, 0.15) is 11.6 Å². The summed E-state index contributed by atoms with van der Waals surface area (Å²) < 4.78 is 31.7. The molecule has 1 unspecified atom stereocenters. The maximum absolute atomic E-state index is 13.7. The molecule has 20 heavy (non-hydrogen) atoms. The molecule has 3 rings (SSSR count). The van der Waals surface area contributed by atoms with Crippen molar-refractivity contribution in [2.24, 2.45) is 0 Å². The quantitative estimate of drug-likeness (QED) is 0.905. The Labute approximate surface area is 114 Å². The lowest BCUT2D eigenvalue weighted by Gasteiger charge is -2.30. The van der Waals surface area contributed by atoms with Crippen LogP contribution in [0.3, 0.4) is 0 Å². The summed E-state index contributed by atoms with van der Waals surface area (Å²) in [6, 6.07) is 3.25. The monoisotopic (exact) mass is 280 g/mol. The summed E-state index contributed by atoms with van der Waals surface area (Å²) in [5, 5.41) is 7.15. The second-order valence-electron chi connectivity index (χ2n) is 4.78. The van der Waals surface area contributed by atoms with Gasteiger partial charge in [-0.15, -0.1) is 0 Å². The third kappa shape index (κ3) is 2.41. The minimum atomic E-state index is -0.713. The summed E-state index contributed by atoms with van der Waals surface area (Å²) in [7, 11) is 1.97. The summed E-state index contributed by atoms with van der Waals surface area (Å²) in [5.74, 6) is -0.785. The van der Waals surface area contributed by atoms with Crippen LogP contribution in [0.25, 0.3) is 11.5 Å². The van der Waals surface area contributed by atoms with E-state index in [0.29, 0.717) is 12.4 Å². The molecule has 1 atom stereocenters. The van der Waals surface area contributed by atoms with Gasteiger partial charge in [-0.25, -0.2) is 8.78 Å². The summed E-state index contributed by atoms with van der Waals surface area (Å²) >= 11 is 0. The van der Waals surface area contributed by atoms with Crippen molar-refractivity contribution in [2.45, 2.75) is 6.04 Å². The molecular weight excluding hydrogens is 266 g/mol. The number of likely N-dealkylation sites (N-methyl/N-ethyl adjacent to an activating group) is 1. The molecule has 1 aliphatic rings. The van der Waals surface area contributed by atoms with Crippen LogP contribution in [0, 0.1) is 11.6 Å². The molecular formula is C13H14F2N4O. The van der Waals surface area contributed by atoms with Crippen LogP contribution in [0.15, 0.2) is 22.7 Å². The van der Waals surface area contributed by atoms with E-state index in [0.717, 1.165) is 25.2 Å². The molecule has 0 radical (unpaired) electrons. The van der Waals surface area contributed by atoms with Gasteiger partial charge in [-0.05, 0) is 19.2 Å². The first-order valence-electron chi connectivity index (χ1n) is 6.35. The maximum atomic E-state index is 13.7. The van der Waals surface area contributed by atoms with E-state index in [-0.39, 0.29) is 17.5 Å². The predicted molar refractivity (Wildman–Crippen MR) is 67.9 cm³/mol. The SMILES string of the molecule is CN1CCNCC1c1noc(-c2ccc(F)cc2F)n1. The summed E-state index contributed by atoms with van der Waals surface area (Å²) in [6.45, 7) is 2.49. The maximum Gasteiger partial charge on any atom is 0.260 e. The summed E-state index contributed by atoms with van der Waals surface area (Å²) in [4.78, 5) is 6.33. The van der Waals surface area contributed by atoms with Crippen LogP contribution in [0.2, 0.25) is 0 Å². The van der Waals surface area contributed by atoms with Gasteiger partial charge in [0.2, 0.25) is 0 Å². The largest absolute Gasteiger partial charge is 0.334 e. The third-order valence-corrected chi connectivity index (χ3v) is 3.41. The Kier molecular flexibility index (Phi) is 3.45. The molecule has 1 aromatic heterocycles. The van der Waals surface area contributed by atoms with Gasteiger partial charge in [-0.1, -0.05) is 5.16 Å². The average Bonchev–Trinajstić information content (AvgIpc) is 2.88. The Bertz CT molecular complexity index is 616. The molecule has 0 saturated carbocycles. The van der Waals surface area contributed by atoms with Crippen molar-refractivity contribution < 1.29 is 13.3 Å². The van der Waals surface area contributed by atoms with Gasteiger partial charge >= 0.3 is 0 Å². The highest BCUT2D eigenvalue weighted by Crippen LogP contribution is 2.25. The molecule has 0 spiro atoms. The van der Waals surface area contributed by atoms with Crippen LogP contribution in [0.1, 0.15) is 11.9 Å². The number of benzene rings is 1. The number of hydrogen-bond acceptors (Lipinski definition) is 5. The number of halogens is 2. The minimum Gasteiger partial charge on any atom is -0.334 e. The number of piperazine rings is 1. The predicted octanol–water partition coefficient (Wildman–Crippen LogP) is 1.59. The highest BCUT2D eigenvalue weighted by atomic mass is 19.1. The molecule has 7 heteroatoms. The van der Waals surface area contributed by atoms with Gasteiger partial charge in [0.15, 0.2) is 5.82 Å². The van der Waals surface area contributed by atoms with Crippen molar-refractivity contribution in [1.29, 1.82) is 0 Å². The Hall–Kier alpha value is -1.86. The molecule has 1 fully saturated rings. The minimum absolute atomic E-state index is 0.00948. The lowest BCUT2D eigenvalue weighted by molar-refractivity contribution is 0.190. The van der Waals surface area contributed by atoms with Gasteiger partial charge in [-0.2, -0.15) is 4.98 Å². The number of nitrogens with one attached hydrogen (secondary N) is 1. The van der Waals surface area contributed by atoms with E-state index in [1.165, 1.54) is 6.07 Å². The Morgan fingerprint density at radius 3 is 3.00 bits per heavy atom. The molecule has 1 aromatic carbocycles. The summed E-state index contributed by atoms with van der Waals surface area (Å²) in [6.07, 6.45) is 0. The smallest absolute Gasteiger partial charge is 0.260 e. The first kappa shape index (κ1) is 13.1. The van der Waals surface area contributed by atoms with Crippen molar-refractivity contribution in [3.05, 3.63) is 35.7 Å². The molecule has 1 N–H and O–H groups in total. The number of nitrogens with zero attached hydrogens (tertiary/aromatic N) is 3. The zero-order chi connectivity index (χ0) is 14.1. The molecule has 1 saturated heterocycles. The zero-order valence-corrected chi connectivity index (χ0v) is 10.9. The van der Waals surface area contributed by atoms with E-state index < -0.39 is 11.6 Å². The van der Waals surface area contributed by atoms with Crippen molar-refractivity contribution in [1.82, 2.24) is 20.4 Å². The van der Waals surface area contributed by atoms with Crippen LogP contribution in [0.5, 0.6) is 0 Å². The van der Waals surface area contributed by atoms with E-state index in [1.54, 1.807) is 0 Å². The number of rotatable bonds is 2. The first-order valence-corrected chi connectivity index (χ1v) is 6.35. The van der Waals surface area contributed by atoms with Gasteiger partial charge in [0, 0.05) is 25.7 Å². The second-order valence-corrected chi connectivity index (χ2v) is 4.78. The fraction of sp³-hybridized carbons (Fsp3) is 0.385. The number of hydrogen-bond donors (Lipinski definition) is 1. The van der Waals surface area contributed by atoms with Gasteiger partial charge in [0.05, 0.1) is 11.6 Å². The standard InChI is InChI=1S/C13H14F2N4O/c1-19-5-4-16-7-11(19)12-17-13(20-18-12)9-3-2-8(14)6-10(9)15/h2-3,6,11,16H,4-5,7H2,1H3. The zero-order valence-electron chi connectivity index (χ0n) is 10.9. The molecule has 0 amide bonds. The molecule has 106 valence electrons. The molecule has 2 heterocycles. The summed E-state index contributed by atoms with van der Waals surface area (Å²) in [5.41, 5.74) is 0.108. The van der Waals surface area contributed by atoms with Crippen molar-refractivity contribution in [2.75, 3.05) is 26.7 Å². The third-order valence-electron chi connectivity index (χ3n) is 3.41. The Morgan fingerprint density at radius 1 is 1.40 bits per heavy atom. The lowest BCUT2D eigenvalue weighted by Crippen LogP contribution is -2.44. The van der Waals surface area contributed by atoms with Crippen LogP contribution >= 0.6 is 0 Å². The van der Waals surface area contributed by atoms with Crippen LogP contribution in [-0.2, 0) is 0 Å². The topological polar surface area (TPSA) is 54.2 Å². The first-order chi connectivity index (χ1) is 9.65. The van der Waals surface area contributed by atoms with Gasteiger partial charge < -0.3 is 9.84 Å². The van der Waals surface area contributed by atoms with E-state index in [2.05, 4.69) is 20.4 Å². The van der Waals surface area contributed by atoms with E-state index in [1.807, 2.05) is 7.05 Å². The van der Waals surface area contributed by atoms with Gasteiger partial charge in [0.25, 0.3) is 5.89 Å². The highest BCUT2D eigenvalue weighted by molar-refractivity contribution is 5.53. The van der Waals surface area contributed by atoms with Crippen molar-refractivity contribution >= 4 is 0 Å². The number of aromatic nitrogens is 2. The fourth-order valence-electron chi connectivity index (χ4n) is 2.24. The van der Waals surface area contributed by atoms with E-state index >= 15 is 0 Å². The Morgan fingerprint density at radius 2 is 2.25 bits per heavy atom.